The molecule has 0 amide bonds. The molecule has 1 aromatic carbocycles. The second-order valence-corrected chi connectivity index (χ2v) is 5.67. The lowest BCUT2D eigenvalue weighted by molar-refractivity contribution is 0.445. The fourth-order valence-corrected chi connectivity index (χ4v) is 2.45. The molecular formula is C17H22N2O. The smallest absolute Gasteiger partial charge is 0.123 e. The largest absolute Gasteiger partial charge is 0.463 e. The Morgan fingerprint density at radius 1 is 1.15 bits per heavy atom. The Bertz CT molecular complexity index is 572. The molecule has 0 unspecified atom stereocenters. The molecule has 1 N–H and O–H groups in total. The van der Waals surface area contributed by atoms with E-state index < -0.39 is 0 Å². The first-order chi connectivity index (χ1) is 9.72. The van der Waals surface area contributed by atoms with E-state index in [-0.39, 0.29) is 0 Å². The zero-order chi connectivity index (χ0) is 13.9. The second-order valence-electron chi connectivity index (χ2n) is 5.67. The molecule has 0 aliphatic heterocycles. The summed E-state index contributed by atoms with van der Waals surface area (Å²) in [5.41, 5.74) is 2.54. The molecule has 3 heteroatoms. The van der Waals surface area contributed by atoms with E-state index >= 15 is 0 Å². The van der Waals surface area contributed by atoms with Gasteiger partial charge in [-0.05, 0) is 43.5 Å². The van der Waals surface area contributed by atoms with Gasteiger partial charge in [-0.2, -0.15) is 0 Å². The van der Waals surface area contributed by atoms with Gasteiger partial charge in [-0.25, -0.2) is 0 Å². The molecule has 2 aromatic rings. The minimum absolute atomic E-state index is 0.721. The minimum Gasteiger partial charge on any atom is -0.463 e. The summed E-state index contributed by atoms with van der Waals surface area (Å²) >= 11 is 0. The normalized spacial score (nSPS) is 14.5. The van der Waals surface area contributed by atoms with Crippen LogP contribution in [0.3, 0.4) is 0 Å². The van der Waals surface area contributed by atoms with Crippen LogP contribution in [0.2, 0.25) is 0 Å². The first-order valence-corrected chi connectivity index (χ1v) is 7.30. The van der Waals surface area contributed by atoms with Crippen molar-refractivity contribution >= 4 is 5.69 Å². The summed E-state index contributed by atoms with van der Waals surface area (Å²) in [6.45, 7) is 3.78. The number of hydrogen-bond acceptors (Lipinski definition) is 3. The molecule has 1 heterocycles. The van der Waals surface area contributed by atoms with E-state index in [4.69, 9.17) is 4.42 Å². The topological polar surface area (TPSA) is 28.4 Å². The van der Waals surface area contributed by atoms with Crippen molar-refractivity contribution in [2.45, 2.75) is 38.9 Å². The molecule has 3 nitrogen and oxygen atoms in total. The van der Waals surface area contributed by atoms with E-state index in [9.17, 15) is 0 Å². The van der Waals surface area contributed by atoms with Gasteiger partial charge in [-0.3, -0.25) is 0 Å². The van der Waals surface area contributed by atoms with Gasteiger partial charge >= 0.3 is 0 Å². The van der Waals surface area contributed by atoms with Crippen molar-refractivity contribution in [2.24, 2.45) is 0 Å². The van der Waals surface area contributed by atoms with Gasteiger partial charge < -0.3 is 14.6 Å². The zero-order valence-corrected chi connectivity index (χ0v) is 12.2. The van der Waals surface area contributed by atoms with Gasteiger partial charge in [0.25, 0.3) is 0 Å². The predicted molar refractivity (Wildman–Crippen MR) is 81.9 cm³/mol. The molecule has 20 heavy (non-hydrogen) atoms. The van der Waals surface area contributed by atoms with E-state index in [0.717, 1.165) is 30.7 Å². The van der Waals surface area contributed by atoms with Crippen LogP contribution in [0.15, 0.2) is 40.8 Å². The van der Waals surface area contributed by atoms with Crippen LogP contribution < -0.4 is 10.2 Å². The Hall–Kier alpha value is -1.74. The minimum atomic E-state index is 0.721. The van der Waals surface area contributed by atoms with Crippen LogP contribution in [-0.2, 0) is 13.1 Å². The highest BCUT2D eigenvalue weighted by Gasteiger charge is 2.20. The molecule has 0 radical (unpaired) electrons. The van der Waals surface area contributed by atoms with Crippen molar-refractivity contribution in [2.75, 3.05) is 11.9 Å². The summed E-state index contributed by atoms with van der Waals surface area (Å²) in [7, 11) is 2.10. The quantitative estimate of drug-likeness (QED) is 0.871. The van der Waals surface area contributed by atoms with Gasteiger partial charge in [-0.1, -0.05) is 18.2 Å². The van der Waals surface area contributed by atoms with Gasteiger partial charge in [0, 0.05) is 18.8 Å². The van der Waals surface area contributed by atoms with Crippen molar-refractivity contribution in [1.29, 1.82) is 0 Å². The number of benzene rings is 1. The van der Waals surface area contributed by atoms with Crippen molar-refractivity contribution in [3.63, 3.8) is 0 Å². The van der Waals surface area contributed by atoms with Gasteiger partial charge in [0.2, 0.25) is 0 Å². The number of nitrogens with one attached hydrogen (secondary N) is 1. The Morgan fingerprint density at radius 3 is 2.65 bits per heavy atom. The number of hydrogen-bond donors (Lipinski definition) is 1. The Balaban J connectivity index is 1.60. The molecule has 1 aliphatic carbocycles. The maximum Gasteiger partial charge on any atom is 0.123 e. The van der Waals surface area contributed by atoms with Crippen molar-refractivity contribution < 1.29 is 4.42 Å². The molecule has 106 valence electrons. The third kappa shape index (κ3) is 3.23. The molecule has 3 rings (SSSR count). The van der Waals surface area contributed by atoms with Crippen LogP contribution in [0.1, 0.15) is 29.9 Å². The van der Waals surface area contributed by atoms with Crippen molar-refractivity contribution in [3.05, 3.63) is 53.5 Å². The number of anilines is 1. The highest BCUT2D eigenvalue weighted by molar-refractivity contribution is 5.52. The SMILES string of the molecule is Cc1ccccc1N(C)Cc1ccc(CNC2CC2)o1. The van der Waals surface area contributed by atoms with Gasteiger partial charge in [0.1, 0.15) is 11.5 Å². The highest BCUT2D eigenvalue weighted by Crippen LogP contribution is 2.22. The molecule has 1 fully saturated rings. The third-order valence-corrected chi connectivity index (χ3v) is 3.78. The predicted octanol–water partition coefficient (Wildman–Crippen LogP) is 3.48. The number of rotatable bonds is 6. The molecule has 0 bridgehead atoms. The third-order valence-electron chi connectivity index (χ3n) is 3.78. The van der Waals surface area contributed by atoms with Crippen molar-refractivity contribution in [3.8, 4) is 0 Å². The fraction of sp³-hybridized carbons (Fsp3) is 0.412. The van der Waals surface area contributed by atoms with Crippen LogP contribution in [0.25, 0.3) is 0 Å². The van der Waals surface area contributed by atoms with Crippen molar-refractivity contribution in [1.82, 2.24) is 5.32 Å². The van der Waals surface area contributed by atoms with Gasteiger partial charge in [0.05, 0.1) is 13.1 Å². The number of para-hydroxylation sites is 1. The zero-order valence-electron chi connectivity index (χ0n) is 12.2. The monoisotopic (exact) mass is 270 g/mol. The lowest BCUT2D eigenvalue weighted by atomic mass is 10.2. The maximum atomic E-state index is 5.89. The average Bonchev–Trinajstić information content (AvgIpc) is 3.17. The molecule has 0 atom stereocenters. The molecule has 1 aromatic heterocycles. The summed E-state index contributed by atoms with van der Waals surface area (Å²) in [4.78, 5) is 2.23. The molecule has 1 saturated carbocycles. The van der Waals surface area contributed by atoms with E-state index in [1.54, 1.807) is 0 Å². The van der Waals surface area contributed by atoms with E-state index in [1.165, 1.54) is 24.1 Å². The Labute approximate surface area is 120 Å². The van der Waals surface area contributed by atoms with Crippen LogP contribution in [0.5, 0.6) is 0 Å². The molecule has 0 saturated heterocycles. The van der Waals surface area contributed by atoms with E-state index in [1.807, 2.05) is 0 Å². The lowest BCUT2D eigenvalue weighted by Crippen LogP contribution is -2.17. The van der Waals surface area contributed by atoms with Gasteiger partial charge in [-0.15, -0.1) is 0 Å². The van der Waals surface area contributed by atoms with Crippen LogP contribution in [0, 0.1) is 6.92 Å². The first kappa shape index (κ1) is 13.3. The first-order valence-electron chi connectivity index (χ1n) is 7.30. The van der Waals surface area contributed by atoms with Gasteiger partial charge in [0.15, 0.2) is 0 Å². The number of aryl methyl sites for hydroxylation is 1. The van der Waals surface area contributed by atoms with E-state index in [2.05, 4.69) is 60.6 Å². The van der Waals surface area contributed by atoms with Crippen LogP contribution >= 0.6 is 0 Å². The Kier molecular flexibility index (Phi) is 3.79. The molecule has 1 aliphatic rings. The summed E-state index contributed by atoms with van der Waals surface area (Å²) in [5.74, 6) is 2.05. The second kappa shape index (κ2) is 5.71. The van der Waals surface area contributed by atoms with E-state index in [0.29, 0.717) is 0 Å². The summed E-state index contributed by atoms with van der Waals surface area (Å²) in [6, 6.07) is 13.3. The van der Waals surface area contributed by atoms with Crippen LogP contribution in [-0.4, -0.2) is 13.1 Å². The Morgan fingerprint density at radius 2 is 1.90 bits per heavy atom. The highest BCUT2D eigenvalue weighted by atomic mass is 16.3. The molecular weight excluding hydrogens is 248 g/mol. The molecule has 0 spiro atoms. The summed E-state index contributed by atoms with van der Waals surface area (Å²) < 4.78 is 5.89. The fourth-order valence-electron chi connectivity index (χ4n) is 2.45. The number of nitrogens with zero attached hydrogens (tertiary/aromatic N) is 1. The maximum absolute atomic E-state index is 5.89. The van der Waals surface area contributed by atoms with Crippen LogP contribution in [0.4, 0.5) is 5.69 Å². The lowest BCUT2D eigenvalue weighted by Gasteiger charge is -2.20. The summed E-state index contributed by atoms with van der Waals surface area (Å²) in [6.07, 6.45) is 2.62. The summed E-state index contributed by atoms with van der Waals surface area (Å²) in [5, 5.41) is 3.47. The standard InChI is InChI=1S/C17H22N2O/c1-13-5-3-4-6-17(13)19(2)12-16-10-9-15(20-16)11-18-14-7-8-14/h3-6,9-10,14,18H,7-8,11-12H2,1-2H3. The average molecular weight is 270 g/mol. The number of furan rings is 1.